The number of thiazole rings is 1. The SMILES string of the molecule is Cc1cc(-c2nc(C(N)=O)c(N)s2)cc(C)n1. The number of carbonyl (C=O) groups excluding carboxylic acids is 1. The summed E-state index contributed by atoms with van der Waals surface area (Å²) in [4.78, 5) is 19.5. The molecule has 5 nitrogen and oxygen atoms in total. The maximum absolute atomic E-state index is 11.1. The van der Waals surface area contributed by atoms with Crippen molar-refractivity contribution in [3.63, 3.8) is 0 Å². The third-order valence-corrected chi connectivity index (χ3v) is 3.15. The summed E-state index contributed by atoms with van der Waals surface area (Å²) < 4.78 is 0. The number of nitrogen functional groups attached to an aromatic ring is 1. The first kappa shape index (κ1) is 11.5. The third kappa shape index (κ3) is 2.26. The summed E-state index contributed by atoms with van der Waals surface area (Å²) in [5.74, 6) is -0.604. The highest BCUT2D eigenvalue weighted by atomic mass is 32.1. The number of anilines is 1. The normalized spacial score (nSPS) is 10.5. The lowest BCUT2D eigenvalue weighted by molar-refractivity contribution is 0.0997. The predicted molar refractivity (Wildman–Crippen MR) is 67.7 cm³/mol. The van der Waals surface area contributed by atoms with Crippen molar-refractivity contribution >= 4 is 22.2 Å². The second-order valence-electron chi connectivity index (χ2n) is 3.73. The molecule has 1 amide bonds. The Kier molecular flexibility index (Phi) is 2.81. The van der Waals surface area contributed by atoms with E-state index in [0.29, 0.717) is 10.0 Å². The average Bonchev–Trinajstić information content (AvgIpc) is 2.59. The molecule has 0 saturated heterocycles. The first-order chi connectivity index (χ1) is 7.97. The Hall–Kier alpha value is -1.95. The molecule has 0 radical (unpaired) electrons. The molecule has 0 atom stereocenters. The highest BCUT2D eigenvalue weighted by molar-refractivity contribution is 7.19. The van der Waals surface area contributed by atoms with Gasteiger partial charge in [-0.1, -0.05) is 11.3 Å². The molecule has 0 aromatic carbocycles. The Morgan fingerprint density at radius 1 is 1.24 bits per heavy atom. The Bertz CT molecular complexity index is 571. The van der Waals surface area contributed by atoms with Crippen molar-refractivity contribution in [2.24, 2.45) is 5.73 Å². The third-order valence-electron chi connectivity index (χ3n) is 2.22. The second kappa shape index (κ2) is 4.14. The van der Waals surface area contributed by atoms with Crippen LogP contribution in [0.2, 0.25) is 0 Å². The van der Waals surface area contributed by atoms with E-state index in [4.69, 9.17) is 11.5 Å². The van der Waals surface area contributed by atoms with Crippen LogP contribution >= 0.6 is 11.3 Å². The number of rotatable bonds is 2. The monoisotopic (exact) mass is 248 g/mol. The van der Waals surface area contributed by atoms with Gasteiger partial charge in [0.15, 0.2) is 5.69 Å². The number of hydrogen-bond donors (Lipinski definition) is 2. The van der Waals surface area contributed by atoms with E-state index in [-0.39, 0.29) is 5.69 Å². The van der Waals surface area contributed by atoms with Crippen molar-refractivity contribution in [2.45, 2.75) is 13.8 Å². The minimum absolute atomic E-state index is 0.136. The lowest BCUT2D eigenvalue weighted by Crippen LogP contribution is -2.13. The number of hydrogen-bond acceptors (Lipinski definition) is 5. The van der Waals surface area contributed by atoms with Crippen molar-refractivity contribution in [2.75, 3.05) is 5.73 Å². The summed E-state index contributed by atoms with van der Waals surface area (Å²) in [7, 11) is 0. The molecule has 0 aliphatic rings. The molecule has 0 saturated carbocycles. The van der Waals surface area contributed by atoms with E-state index < -0.39 is 5.91 Å². The molecule has 0 bridgehead atoms. The largest absolute Gasteiger partial charge is 0.389 e. The van der Waals surface area contributed by atoms with Gasteiger partial charge in [0, 0.05) is 17.0 Å². The van der Waals surface area contributed by atoms with Gasteiger partial charge in [0.1, 0.15) is 10.0 Å². The Morgan fingerprint density at radius 2 is 1.82 bits per heavy atom. The van der Waals surface area contributed by atoms with Crippen molar-refractivity contribution < 1.29 is 4.79 Å². The van der Waals surface area contributed by atoms with Crippen molar-refractivity contribution in [3.8, 4) is 10.6 Å². The van der Waals surface area contributed by atoms with Gasteiger partial charge in [-0.05, 0) is 26.0 Å². The Morgan fingerprint density at radius 3 is 2.29 bits per heavy atom. The zero-order valence-electron chi connectivity index (χ0n) is 9.52. The molecule has 2 aromatic rings. The van der Waals surface area contributed by atoms with Crippen molar-refractivity contribution in [1.82, 2.24) is 9.97 Å². The van der Waals surface area contributed by atoms with Gasteiger partial charge in [0.2, 0.25) is 0 Å². The summed E-state index contributed by atoms with van der Waals surface area (Å²) in [6, 6.07) is 3.80. The van der Waals surface area contributed by atoms with E-state index in [9.17, 15) is 4.79 Å². The van der Waals surface area contributed by atoms with Crippen molar-refractivity contribution in [3.05, 3.63) is 29.2 Å². The number of nitrogens with zero attached hydrogens (tertiary/aromatic N) is 2. The highest BCUT2D eigenvalue weighted by Crippen LogP contribution is 2.30. The van der Waals surface area contributed by atoms with Crippen LogP contribution in [-0.2, 0) is 0 Å². The van der Waals surface area contributed by atoms with Gasteiger partial charge in [0.25, 0.3) is 5.91 Å². The summed E-state index contributed by atoms with van der Waals surface area (Å²) in [6.07, 6.45) is 0. The van der Waals surface area contributed by atoms with Gasteiger partial charge in [-0.15, -0.1) is 0 Å². The van der Waals surface area contributed by atoms with Crippen LogP contribution in [0.25, 0.3) is 10.6 Å². The fourth-order valence-electron chi connectivity index (χ4n) is 1.59. The van der Waals surface area contributed by atoms with E-state index in [1.165, 1.54) is 11.3 Å². The fraction of sp³-hybridized carbons (Fsp3) is 0.182. The molecule has 2 rings (SSSR count). The first-order valence-electron chi connectivity index (χ1n) is 4.99. The number of pyridine rings is 1. The molecule has 0 aliphatic heterocycles. The van der Waals surface area contributed by atoms with Gasteiger partial charge >= 0.3 is 0 Å². The molecule has 88 valence electrons. The lowest BCUT2D eigenvalue weighted by atomic mass is 10.2. The Labute approximate surface area is 103 Å². The van der Waals surface area contributed by atoms with Crippen LogP contribution in [0.3, 0.4) is 0 Å². The molecular weight excluding hydrogens is 236 g/mol. The smallest absolute Gasteiger partial charge is 0.270 e. The minimum Gasteiger partial charge on any atom is -0.389 e. The number of primary amides is 1. The number of nitrogens with two attached hydrogens (primary N) is 2. The van der Waals surface area contributed by atoms with E-state index in [1.54, 1.807) is 0 Å². The molecule has 0 fully saturated rings. The summed E-state index contributed by atoms with van der Waals surface area (Å²) >= 11 is 1.25. The average molecular weight is 248 g/mol. The van der Waals surface area contributed by atoms with Crippen LogP contribution in [0.15, 0.2) is 12.1 Å². The summed E-state index contributed by atoms with van der Waals surface area (Å²) in [6.45, 7) is 3.81. The molecule has 0 spiro atoms. The zero-order valence-corrected chi connectivity index (χ0v) is 10.3. The maximum atomic E-state index is 11.1. The second-order valence-corrected chi connectivity index (χ2v) is 4.77. The number of aryl methyl sites for hydroxylation is 2. The summed E-state index contributed by atoms with van der Waals surface area (Å²) in [5.41, 5.74) is 13.7. The molecule has 17 heavy (non-hydrogen) atoms. The molecule has 6 heteroatoms. The molecule has 2 aromatic heterocycles. The maximum Gasteiger partial charge on any atom is 0.270 e. The number of amides is 1. The quantitative estimate of drug-likeness (QED) is 0.842. The highest BCUT2D eigenvalue weighted by Gasteiger charge is 2.14. The van der Waals surface area contributed by atoms with E-state index in [2.05, 4.69) is 9.97 Å². The minimum atomic E-state index is -0.604. The summed E-state index contributed by atoms with van der Waals surface area (Å²) in [5, 5.41) is 1.03. The molecule has 0 unspecified atom stereocenters. The fourth-order valence-corrected chi connectivity index (χ4v) is 2.41. The van der Waals surface area contributed by atoms with Gasteiger partial charge < -0.3 is 11.5 Å². The van der Waals surface area contributed by atoms with E-state index in [0.717, 1.165) is 17.0 Å². The number of carbonyl (C=O) groups is 1. The molecule has 4 N–H and O–H groups in total. The topological polar surface area (TPSA) is 94.9 Å². The predicted octanol–water partition coefficient (Wildman–Crippen LogP) is 1.50. The first-order valence-corrected chi connectivity index (χ1v) is 5.81. The number of aromatic nitrogens is 2. The molecule has 2 heterocycles. The van der Waals surface area contributed by atoms with Crippen LogP contribution in [0.1, 0.15) is 21.9 Å². The van der Waals surface area contributed by atoms with E-state index in [1.807, 2.05) is 26.0 Å². The van der Waals surface area contributed by atoms with E-state index >= 15 is 0 Å². The van der Waals surface area contributed by atoms with Crippen LogP contribution in [0, 0.1) is 13.8 Å². The van der Waals surface area contributed by atoms with Crippen molar-refractivity contribution in [1.29, 1.82) is 0 Å². The van der Waals surface area contributed by atoms with Gasteiger partial charge in [-0.3, -0.25) is 9.78 Å². The van der Waals surface area contributed by atoms with Crippen LogP contribution in [0.4, 0.5) is 5.00 Å². The lowest BCUT2D eigenvalue weighted by Gasteiger charge is -2.00. The molecule has 0 aliphatic carbocycles. The van der Waals surface area contributed by atoms with Crippen LogP contribution in [0.5, 0.6) is 0 Å². The van der Waals surface area contributed by atoms with Crippen LogP contribution in [-0.4, -0.2) is 15.9 Å². The molecular formula is C11H12N4OS. The van der Waals surface area contributed by atoms with Gasteiger partial charge in [-0.2, -0.15) is 0 Å². The standard InChI is InChI=1S/C11H12N4OS/c1-5-3-7(4-6(2)14-5)11-15-8(9(12)16)10(13)17-11/h3-4H,13H2,1-2H3,(H2,12,16). The van der Waals surface area contributed by atoms with Gasteiger partial charge in [0.05, 0.1) is 0 Å². The van der Waals surface area contributed by atoms with Gasteiger partial charge in [-0.25, -0.2) is 4.98 Å². The van der Waals surface area contributed by atoms with Crippen LogP contribution < -0.4 is 11.5 Å². The zero-order chi connectivity index (χ0) is 12.6. The Balaban J connectivity index is 2.53.